The highest BCUT2D eigenvalue weighted by atomic mass is 32.2. The van der Waals surface area contributed by atoms with Crippen LogP contribution in [-0.4, -0.2) is 32.5 Å². The Kier molecular flexibility index (Phi) is 5.38. The van der Waals surface area contributed by atoms with Crippen molar-refractivity contribution < 1.29 is 4.79 Å². The predicted molar refractivity (Wildman–Crippen MR) is 84.7 cm³/mol. The Morgan fingerprint density at radius 1 is 1.29 bits per heavy atom. The fraction of sp³-hybridized carbons (Fsp3) is 0.400. The number of hydrogen-bond donors (Lipinski definition) is 1. The summed E-state index contributed by atoms with van der Waals surface area (Å²) in [4.78, 5) is 11.8. The summed E-state index contributed by atoms with van der Waals surface area (Å²) in [6.45, 7) is 5.94. The zero-order chi connectivity index (χ0) is 15.2. The van der Waals surface area contributed by atoms with Gasteiger partial charge in [0, 0.05) is 18.2 Å². The Labute approximate surface area is 129 Å². The largest absolute Gasteiger partial charge is 0.353 e. The van der Waals surface area contributed by atoms with E-state index in [9.17, 15) is 4.79 Å². The van der Waals surface area contributed by atoms with Crippen LogP contribution in [0.2, 0.25) is 0 Å². The van der Waals surface area contributed by atoms with Crippen LogP contribution in [0.15, 0.2) is 35.5 Å². The summed E-state index contributed by atoms with van der Waals surface area (Å²) in [5.41, 5.74) is 1.02. The molecule has 1 N–H and O–H groups in total. The maximum Gasteiger partial charge on any atom is 0.230 e. The second-order valence-corrected chi connectivity index (χ2v) is 5.88. The number of nitrogens with one attached hydrogen (secondary N) is 1. The summed E-state index contributed by atoms with van der Waals surface area (Å²) in [5.74, 6) is 1.25. The number of aryl methyl sites for hydroxylation is 1. The normalized spacial score (nSPS) is 10.9. The van der Waals surface area contributed by atoms with E-state index in [4.69, 9.17) is 0 Å². The van der Waals surface area contributed by atoms with Crippen molar-refractivity contribution in [3.8, 4) is 5.69 Å². The summed E-state index contributed by atoms with van der Waals surface area (Å²) in [6.07, 6.45) is 0.792. The van der Waals surface area contributed by atoms with E-state index in [0.717, 1.165) is 23.1 Å². The summed E-state index contributed by atoms with van der Waals surface area (Å²) < 4.78 is 2.01. The third-order valence-corrected chi connectivity index (χ3v) is 3.74. The minimum Gasteiger partial charge on any atom is -0.353 e. The van der Waals surface area contributed by atoms with Crippen LogP contribution in [0.3, 0.4) is 0 Å². The van der Waals surface area contributed by atoms with Gasteiger partial charge >= 0.3 is 0 Å². The van der Waals surface area contributed by atoms with Crippen LogP contribution in [-0.2, 0) is 11.2 Å². The molecule has 6 heteroatoms. The number of carbonyl (C=O) groups excluding carboxylic acids is 1. The van der Waals surface area contributed by atoms with Gasteiger partial charge in [-0.05, 0) is 26.0 Å². The van der Waals surface area contributed by atoms with Gasteiger partial charge in [-0.1, -0.05) is 36.9 Å². The first kappa shape index (κ1) is 15.6. The van der Waals surface area contributed by atoms with E-state index >= 15 is 0 Å². The molecule has 2 aromatic rings. The summed E-state index contributed by atoms with van der Waals surface area (Å²) in [7, 11) is 0. The molecule has 1 aromatic carbocycles. The van der Waals surface area contributed by atoms with Gasteiger partial charge in [0.05, 0.1) is 5.75 Å². The van der Waals surface area contributed by atoms with Crippen LogP contribution in [0, 0.1) is 0 Å². The average molecular weight is 304 g/mol. The van der Waals surface area contributed by atoms with Gasteiger partial charge in [-0.3, -0.25) is 9.36 Å². The van der Waals surface area contributed by atoms with Crippen LogP contribution in [0.4, 0.5) is 0 Å². The van der Waals surface area contributed by atoms with Gasteiger partial charge < -0.3 is 5.32 Å². The Hall–Kier alpha value is -1.82. The highest BCUT2D eigenvalue weighted by molar-refractivity contribution is 7.99. The van der Waals surface area contributed by atoms with E-state index in [2.05, 4.69) is 15.5 Å². The molecule has 1 heterocycles. The third kappa shape index (κ3) is 4.07. The molecule has 21 heavy (non-hydrogen) atoms. The number of para-hydroxylation sites is 1. The summed E-state index contributed by atoms with van der Waals surface area (Å²) >= 11 is 1.41. The summed E-state index contributed by atoms with van der Waals surface area (Å²) in [6, 6.07) is 10.1. The maximum atomic E-state index is 11.8. The van der Waals surface area contributed by atoms with E-state index in [1.807, 2.05) is 55.7 Å². The lowest BCUT2D eigenvalue weighted by Crippen LogP contribution is -2.31. The fourth-order valence-corrected chi connectivity index (χ4v) is 2.73. The van der Waals surface area contributed by atoms with Crippen molar-refractivity contribution in [1.82, 2.24) is 20.1 Å². The van der Waals surface area contributed by atoms with Crippen LogP contribution < -0.4 is 5.32 Å². The Morgan fingerprint density at radius 2 is 2.00 bits per heavy atom. The molecule has 0 aliphatic carbocycles. The number of thioether (sulfide) groups is 1. The van der Waals surface area contributed by atoms with Crippen molar-refractivity contribution in [2.24, 2.45) is 0 Å². The topological polar surface area (TPSA) is 59.8 Å². The molecular formula is C15H20N4OS. The van der Waals surface area contributed by atoms with E-state index < -0.39 is 0 Å². The van der Waals surface area contributed by atoms with Gasteiger partial charge in [-0.15, -0.1) is 10.2 Å². The highest BCUT2D eigenvalue weighted by Crippen LogP contribution is 2.22. The first-order valence-corrected chi connectivity index (χ1v) is 8.02. The quantitative estimate of drug-likeness (QED) is 0.833. The Morgan fingerprint density at radius 3 is 2.62 bits per heavy atom. The monoisotopic (exact) mass is 304 g/mol. The smallest absolute Gasteiger partial charge is 0.230 e. The number of rotatable bonds is 6. The predicted octanol–water partition coefficient (Wildman–Crippen LogP) is 2.45. The zero-order valence-electron chi connectivity index (χ0n) is 12.5. The molecule has 0 unspecified atom stereocenters. The van der Waals surface area contributed by atoms with Gasteiger partial charge in [-0.2, -0.15) is 0 Å². The minimum atomic E-state index is 0.00987. The van der Waals surface area contributed by atoms with Gasteiger partial charge in [-0.25, -0.2) is 0 Å². The van der Waals surface area contributed by atoms with E-state index in [1.54, 1.807) is 0 Å². The molecule has 1 aromatic heterocycles. The van der Waals surface area contributed by atoms with Crippen molar-refractivity contribution in [1.29, 1.82) is 0 Å². The van der Waals surface area contributed by atoms with Crippen molar-refractivity contribution in [2.45, 2.75) is 38.4 Å². The zero-order valence-corrected chi connectivity index (χ0v) is 13.4. The summed E-state index contributed by atoms with van der Waals surface area (Å²) in [5, 5.41) is 12.0. The molecule has 0 aliphatic rings. The van der Waals surface area contributed by atoms with Crippen molar-refractivity contribution >= 4 is 17.7 Å². The molecule has 0 radical (unpaired) electrons. The maximum absolute atomic E-state index is 11.8. The number of nitrogens with zero attached hydrogens (tertiary/aromatic N) is 3. The fourth-order valence-electron chi connectivity index (χ4n) is 1.95. The number of hydrogen-bond acceptors (Lipinski definition) is 4. The van der Waals surface area contributed by atoms with Crippen molar-refractivity contribution in [3.05, 3.63) is 36.2 Å². The second-order valence-electron chi connectivity index (χ2n) is 4.93. The molecule has 2 rings (SSSR count). The molecule has 0 saturated carbocycles. The lowest BCUT2D eigenvalue weighted by molar-refractivity contribution is -0.119. The van der Waals surface area contributed by atoms with Crippen LogP contribution in [0.5, 0.6) is 0 Å². The van der Waals surface area contributed by atoms with Gasteiger partial charge in [0.25, 0.3) is 0 Å². The third-order valence-electron chi connectivity index (χ3n) is 2.81. The number of aromatic nitrogens is 3. The molecule has 0 aliphatic heterocycles. The van der Waals surface area contributed by atoms with Crippen LogP contribution >= 0.6 is 11.8 Å². The SMILES string of the molecule is CCc1nnc(SCC(=O)NC(C)C)n1-c1ccccc1. The Bertz CT molecular complexity index is 595. The standard InChI is InChI=1S/C15H20N4OS/c1-4-13-17-18-15(21-10-14(20)16-11(2)3)19(13)12-8-6-5-7-9-12/h5-9,11H,4,10H2,1-3H3,(H,16,20). The van der Waals surface area contributed by atoms with Crippen LogP contribution in [0.25, 0.3) is 5.69 Å². The number of amides is 1. The molecule has 5 nitrogen and oxygen atoms in total. The molecule has 0 spiro atoms. The molecule has 0 atom stereocenters. The van der Waals surface area contributed by atoms with E-state index in [-0.39, 0.29) is 11.9 Å². The second kappa shape index (κ2) is 7.26. The first-order chi connectivity index (χ1) is 10.1. The Balaban J connectivity index is 2.17. The first-order valence-electron chi connectivity index (χ1n) is 7.03. The lowest BCUT2D eigenvalue weighted by Gasteiger charge is -2.10. The van der Waals surface area contributed by atoms with Crippen molar-refractivity contribution in [3.63, 3.8) is 0 Å². The average Bonchev–Trinajstić information content (AvgIpc) is 2.88. The highest BCUT2D eigenvalue weighted by Gasteiger charge is 2.14. The van der Waals surface area contributed by atoms with Crippen LogP contribution in [0.1, 0.15) is 26.6 Å². The number of benzene rings is 1. The van der Waals surface area contributed by atoms with E-state index in [1.165, 1.54) is 11.8 Å². The molecule has 0 bridgehead atoms. The lowest BCUT2D eigenvalue weighted by atomic mass is 10.3. The molecule has 0 fully saturated rings. The van der Waals surface area contributed by atoms with Gasteiger partial charge in [0.2, 0.25) is 5.91 Å². The van der Waals surface area contributed by atoms with Gasteiger partial charge in [0.15, 0.2) is 5.16 Å². The van der Waals surface area contributed by atoms with Crippen molar-refractivity contribution in [2.75, 3.05) is 5.75 Å². The molecular weight excluding hydrogens is 284 g/mol. The minimum absolute atomic E-state index is 0.00987. The molecule has 1 amide bonds. The number of carbonyl (C=O) groups is 1. The molecule has 112 valence electrons. The van der Waals surface area contributed by atoms with E-state index in [0.29, 0.717) is 5.75 Å². The van der Waals surface area contributed by atoms with Gasteiger partial charge in [0.1, 0.15) is 5.82 Å². The molecule has 0 saturated heterocycles.